The molecule has 0 bridgehead atoms. The van der Waals surface area contributed by atoms with Gasteiger partial charge in [0.1, 0.15) is 0 Å². The molecule has 0 radical (unpaired) electrons. The fourth-order valence-corrected chi connectivity index (χ4v) is 92.1. The van der Waals surface area contributed by atoms with Gasteiger partial charge >= 0.3 is 78.0 Å². The Morgan fingerprint density at radius 1 is 1.00 bits per heavy atom. The fourth-order valence-electron chi connectivity index (χ4n) is 17.4. The summed E-state index contributed by atoms with van der Waals surface area (Å²) in [5.41, 5.74) is 0. The number of rotatable bonds is 2. The van der Waals surface area contributed by atoms with Crippen molar-refractivity contribution >= 4 is 0 Å². The molecule has 5 unspecified atom stereocenters. The molecule has 10 fully saturated rings. The fraction of sp³-hybridized carbons (Fsp3) is 0.846. The van der Waals surface area contributed by atoms with Gasteiger partial charge in [0.15, 0.2) is 0 Å². The van der Waals surface area contributed by atoms with Crippen LogP contribution in [0.15, 0.2) is 12.7 Å². The summed E-state index contributed by atoms with van der Waals surface area (Å²) in [6, 6.07) is 0. The van der Waals surface area contributed by atoms with Crippen LogP contribution in [0, 0.1) is 0 Å². The first kappa shape index (κ1) is 5.25. The average Bonchev–Trinajstić information content (AvgIpc) is 3.18. The van der Waals surface area contributed by atoms with Crippen LogP contribution in [0.1, 0.15) is 0 Å². The molecule has 15 heavy (non-hydrogen) atoms. The molecule has 1 spiro atoms. The van der Waals surface area contributed by atoms with Crippen LogP contribution in [0.4, 0.5) is 0 Å². The Morgan fingerprint density at radius 3 is 1.67 bits per heavy atom. The maximum absolute atomic E-state index is 10.6. The van der Waals surface area contributed by atoms with Gasteiger partial charge in [0.2, 0.25) is 0 Å². The number of fused-ring (bicyclic) bond motifs is 10. The molecule has 0 aliphatic carbocycles. The predicted octanol–water partition coefficient (Wildman–Crippen LogP) is 3.29. The summed E-state index contributed by atoms with van der Waals surface area (Å²) in [5.74, 6) is 0. The Kier molecular flexibility index (Phi) is 0.129. The van der Waals surface area contributed by atoms with Crippen LogP contribution in [0.2, 0.25) is 47.7 Å². The first-order valence-corrected chi connectivity index (χ1v) is 12.8. The molecule has 0 saturated carbocycles. The van der Waals surface area contributed by atoms with Gasteiger partial charge < -0.3 is 0 Å². The molecule has 80 valence electrons. The zero-order valence-electron chi connectivity index (χ0n) is 8.36. The summed E-state index contributed by atoms with van der Waals surface area (Å²) < 4.78 is 0.640. The van der Waals surface area contributed by atoms with Crippen molar-refractivity contribution in [2.45, 2.75) is 53.8 Å². The summed E-state index contributed by atoms with van der Waals surface area (Å²) in [6.07, 6.45) is 1.88. The molecule has 0 aromatic rings. The predicted molar refractivity (Wildman–Crippen MR) is 52.6 cm³/mol. The second-order valence-corrected chi connectivity index (χ2v) is 34.0. The van der Waals surface area contributed by atoms with Crippen molar-refractivity contribution in [1.82, 2.24) is 0 Å². The van der Waals surface area contributed by atoms with Gasteiger partial charge in [-0.1, -0.05) is 0 Å². The molecule has 0 aromatic carbocycles. The van der Waals surface area contributed by atoms with Crippen molar-refractivity contribution in [1.29, 1.82) is 0 Å². The van der Waals surface area contributed by atoms with Gasteiger partial charge in [-0.2, -0.15) is 0 Å². The summed E-state index contributed by atoms with van der Waals surface area (Å²) >= 11 is 0. The first-order valence-electron chi connectivity index (χ1n) is 6.55. The number of aliphatic hydroxyl groups excluding tert-OH is 1. The summed E-state index contributed by atoms with van der Waals surface area (Å²) in [4.78, 5) is 11.8. The third kappa shape index (κ3) is 0.0434. The zero-order chi connectivity index (χ0) is 9.30. The van der Waals surface area contributed by atoms with Crippen molar-refractivity contribution in [3.05, 3.63) is 12.7 Å². The Bertz CT molecular complexity index is 847. The molecule has 0 amide bonds. The molecule has 10 aliphatic heterocycles. The normalized spacial score (nSPS) is 135. The van der Waals surface area contributed by atoms with Crippen molar-refractivity contribution in [3.63, 3.8) is 0 Å². The molecular formula is C13H14FeO. The molecule has 1 N–H and O–H groups in total. The van der Waals surface area contributed by atoms with E-state index in [9.17, 15) is 5.11 Å². The Hall–Kier alpha value is 0.219. The van der Waals surface area contributed by atoms with Crippen LogP contribution in [-0.2, 0) is 6.51 Å². The van der Waals surface area contributed by atoms with E-state index in [4.69, 9.17) is 0 Å². The topological polar surface area (TPSA) is 20.2 Å². The Labute approximate surface area is 78.2 Å². The van der Waals surface area contributed by atoms with E-state index < -0.39 is 6.51 Å². The molecule has 10 heterocycles. The molecule has 0 aromatic heterocycles. The monoisotopic (exact) mass is 242 g/mol. The Morgan fingerprint density at radius 2 is 1.47 bits per heavy atom. The van der Waals surface area contributed by atoms with E-state index in [0.717, 1.165) is 0 Å². The Balaban J connectivity index is 1.80. The van der Waals surface area contributed by atoms with E-state index >= 15 is 0 Å². The maximum atomic E-state index is 10.6. The number of hydrogen-bond acceptors (Lipinski definition) is 1. The molecule has 10 saturated heterocycles. The van der Waals surface area contributed by atoms with Crippen LogP contribution in [0.5, 0.6) is 0 Å². The SMILES string of the molecule is C=CC(O)[C]12[CH]3[CH]4[CH]5[CH]1[Fe]45321678[CH]2[CH]1[CH]6[CH]7[CH]28. The second-order valence-electron chi connectivity index (χ2n) is 10.4. The third-order valence-corrected chi connectivity index (χ3v) is 58.1. The summed E-state index contributed by atoms with van der Waals surface area (Å²) in [5, 5.41) is 10.6. The number of hydrogen-bond donors (Lipinski definition) is 1. The summed E-state index contributed by atoms with van der Waals surface area (Å²) in [7, 11) is 0. The quantitative estimate of drug-likeness (QED) is 0.581. The average molecular weight is 242 g/mol. The third-order valence-electron chi connectivity index (χ3n) is 15.5. The van der Waals surface area contributed by atoms with Crippen molar-refractivity contribution in [3.8, 4) is 0 Å². The minimum absolute atomic E-state index is 0.0495. The van der Waals surface area contributed by atoms with Crippen molar-refractivity contribution in [2.75, 3.05) is 0 Å². The van der Waals surface area contributed by atoms with Crippen LogP contribution in [0.3, 0.4) is 0 Å². The van der Waals surface area contributed by atoms with Gasteiger partial charge in [0, 0.05) is 0 Å². The zero-order valence-corrected chi connectivity index (χ0v) is 9.46. The molecule has 10 rings (SSSR count). The molecule has 10 aliphatic rings. The molecule has 1 nitrogen and oxygen atoms in total. The second kappa shape index (κ2) is 0.368. The van der Waals surface area contributed by atoms with Gasteiger partial charge in [-0.15, -0.1) is 0 Å². The van der Waals surface area contributed by atoms with Gasteiger partial charge in [-0.3, -0.25) is 0 Å². The minimum atomic E-state index is -2.95. The first-order chi connectivity index (χ1) is 7.03. The standard InChI is InChI=1S/C8H9O.C5H5.Fe/c1-2-8(9)7-5-3-4-6-7;1-2-4-5-3-1;/h2-6,8-9H,1H2;1-5H;. The van der Waals surface area contributed by atoms with Crippen LogP contribution in [-0.4, -0.2) is 11.2 Å². The van der Waals surface area contributed by atoms with E-state index in [-0.39, 0.29) is 6.10 Å². The van der Waals surface area contributed by atoms with E-state index in [1.165, 1.54) is 43.3 Å². The summed E-state index contributed by atoms with van der Waals surface area (Å²) in [6.45, 7) is 0.975. The van der Waals surface area contributed by atoms with E-state index in [2.05, 4.69) is 6.58 Å². The van der Waals surface area contributed by atoms with Gasteiger partial charge in [0.05, 0.1) is 0 Å². The van der Waals surface area contributed by atoms with E-state index in [0.29, 0.717) is 4.31 Å². The van der Waals surface area contributed by atoms with Crippen LogP contribution in [0.25, 0.3) is 0 Å². The molecule has 2 heteroatoms. The van der Waals surface area contributed by atoms with Gasteiger partial charge in [-0.05, 0) is 0 Å². The van der Waals surface area contributed by atoms with E-state index in [1.807, 2.05) is 6.08 Å². The molecular weight excluding hydrogens is 228 g/mol. The molecule has 5 atom stereocenters. The number of aliphatic hydroxyl groups is 1. The van der Waals surface area contributed by atoms with Gasteiger partial charge in [-0.25, -0.2) is 0 Å². The van der Waals surface area contributed by atoms with Crippen LogP contribution < -0.4 is 0 Å². The van der Waals surface area contributed by atoms with Crippen LogP contribution >= 0.6 is 0 Å². The van der Waals surface area contributed by atoms with Gasteiger partial charge in [0.25, 0.3) is 0 Å². The van der Waals surface area contributed by atoms with Crippen molar-refractivity contribution < 1.29 is 11.6 Å². The van der Waals surface area contributed by atoms with E-state index in [1.54, 1.807) is 0 Å². The van der Waals surface area contributed by atoms with Crippen molar-refractivity contribution in [2.24, 2.45) is 0 Å².